The van der Waals surface area contributed by atoms with E-state index in [-0.39, 0.29) is 5.56 Å². The lowest BCUT2D eigenvalue weighted by Crippen LogP contribution is -2.21. The maximum atomic E-state index is 12.2. The minimum Gasteiger partial charge on any atom is -0.311 e. The summed E-state index contributed by atoms with van der Waals surface area (Å²) in [6.45, 7) is 6.13. The maximum Gasteiger partial charge on any atom is 0.253 e. The zero-order valence-corrected chi connectivity index (χ0v) is 13.1. The average molecular weight is 288 g/mol. The summed E-state index contributed by atoms with van der Waals surface area (Å²) in [6, 6.07) is 0. The Kier molecular flexibility index (Phi) is 3.85. The van der Waals surface area contributed by atoms with Crippen molar-refractivity contribution in [2.75, 3.05) is 6.54 Å². The number of aromatic nitrogens is 3. The molecule has 0 unspecified atom stereocenters. The third-order valence-electron chi connectivity index (χ3n) is 4.24. The lowest BCUT2D eigenvalue weighted by molar-refractivity contribution is 0.546. The van der Waals surface area contributed by atoms with Crippen LogP contribution in [0.5, 0.6) is 0 Å². The van der Waals surface area contributed by atoms with Crippen molar-refractivity contribution >= 4 is 11.0 Å². The summed E-state index contributed by atoms with van der Waals surface area (Å²) < 4.78 is 1.80. The van der Waals surface area contributed by atoms with Crippen molar-refractivity contribution in [2.24, 2.45) is 13.0 Å². The minimum atomic E-state index is 0.0712. The highest BCUT2D eigenvalue weighted by atomic mass is 16.1. The molecule has 0 bridgehead atoms. The molecular formula is C16H24N4O. The Hall–Kier alpha value is -1.62. The standard InChI is InChI=1S/C16H24N4O/c1-10(2)8-17-9-13-14-11-6-4-5-7-12(11)16(21)18-15(14)20(3)19-13/h10,17H,4-9H2,1-3H3,(H,18,21). The van der Waals surface area contributed by atoms with Gasteiger partial charge in [0.25, 0.3) is 5.56 Å². The molecule has 21 heavy (non-hydrogen) atoms. The second kappa shape index (κ2) is 5.64. The molecule has 0 atom stereocenters. The van der Waals surface area contributed by atoms with Gasteiger partial charge in [-0.15, -0.1) is 0 Å². The lowest BCUT2D eigenvalue weighted by Gasteiger charge is -2.16. The molecule has 2 aromatic rings. The Morgan fingerprint density at radius 3 is 2.71 bits per heavy atom. The van der Waals surface area contributed by atoms with Crippen molar-refractivity contribution in [3.63, 3.8) is 0 Å². The topological polar surface area (TPSA) is 62.7 Å². The number of nitrogens with one attached hydrogen (secondary N) is 2. The van der Waals surface area contributed by atoms with Gasteiger partial charge in [0.2, 0.25) is 0 Å². The second-order valence-corrected chi connectivity index (χ2v) is 6.44. The van der Waals surface area contributed by atoms with Crippen molar-refractivity contribution in [1.82, 2.24) is 20.1 Å². The first-order chi connectivity index (χ1) is 10.1. The van der Waals surface area contributed by atoms with E-state index in [1.165, 1.54) is 17.4 Å². The van der Waals surface area contributed by atoms with Crippen LogP contribution in [0.1, 0.15) is 43.5 Å². The van der Waals surface area contributed by atoms with E-state index >= 15 is 0 Å². The van der Waals surface area contributed by atoms with Crippen LogP contribution in [0.25, 0.3) is 11.0 Å². The number of H-pyrrole nitrogens is 1. The van der Waals surface area contributed by atoms with Crippen molar-refractivity contribution in [2.45, 2.75) is 46.1 Å². The summed E-state index contributed by atoms with van der Waals surface area (Å²) in [5, 5.41) is 9.25. The predicted molar refractivity (Wildman–Crippen MR) is 84.5 cm³/mol. The van der Waals surface area contributed by atoms with Gasteiger partial charge in [-0.25, -0.2) is 0 Å². The molecular weight excluding hydrogens is 264 g/mol. The number of aromatic amines is 1. The van der Waals surface area contributed by atoms with Crippen LogP contribution < -0.4 is 10.9 Å². The molecule has 3 rings (SSSR count). The fourth-order valence-electron chi connectivity index (χ4n) is 3.26. The molecule has 0 saturated heterocycles. The van der Waals surface area contributed by atoms with E-state index in [0.29, 0.717) is 5.92 Å². The summed E-state index contributed by atoms with van der Waals surface area (Å²) in [6.07, 6.45) is 4.18. The van der Waals surface area contributed by atoms with Gasteiger partial charge in [0.05, 0.1) is 5.69 Å². The largest absolute Gasteiger partial charge is 0.311 e. The van der Waals surface area contributed by atoms with Gasteiger partial charge in [0.1, 0.15) is 5.65 Å². The third kappa shape index (κ3) is 2.62. The number of hydrogen-bond acceptors (Lipinski definition) is 3. The fraction of sp³-hybridized carbons (Fsp3) is 0.625. The fourth-order valence-corrected chi connectivity index (χ4v) is 3.26. The molecule has 0 aliphatic heterocycles. The van der Waals surface area contributed by atoms with Gasteiger partial charge in [-0.05, 0) is 43.7 Å². The monoisotopic (exact) mass is 288 g/mol. The van der Waals surface area contributed by atoms with Crippen LogP contribution in [0.15, 0.2) is 4.79 Å². The first-order valence-electron chi connectivity index (χ1n) is 7.88. The van der Waals surface area contributed by atoms with E-state index in [4.69, 9.17) is 0 Å². The number of fused-ring (bicyclic) bond motifs is 3. The molecule has 0 spiro atoms. The van der Waals surface area contributed by atoms with Crippen molar-refractivity contribution in [1.29, 1.82) is 0 Å². The smallest absolute Gasteiger partial charge is 0.253 e. The van der Waals surface area contributed by atoms with E-state index < -0.39 is 0 Å². The Morgan fingerprint density at radius 1 is 1.29 bits per heavy atom. The van der Waals surface area contributed by atoms with Crippen LogP contribution >= 0.6 is 0 Å². The Labute approximate surface area is 124 Å². The van der Waals surface area contributed by atoms with Crippen LogP contribution in [-0.2, 0) is 26.4 Å². The summed E-state index contributed by atoms with van der Waals surface area (Å²) in [5.41, 5.74) is 4.20. The van der Waals surface area contributed by atoms with Crippen molar-refractivity contribution < 1.29 is 0 Å². The van der Waals surface area contributed by atoms with Gasteiger partial charge in [-0.1, -0.05) is 13.8 Å². The number of nitrogens with zero attached hydrogens (tertiary/aromatic N) is 2. The first-order valence-corrected chi connectivity index (χ1v) is 7.88. The van der Waals surface area contributed by atoms with Crippen molar-refractivity contribution in [3.05, 3.63) is 27.2 Å². The molecule has 1 aliphatic carbocycles. The molecule has 0 aromatic carbocycles. The van der Waals surface area contributed by atoms with E-state index in [1.54, 1.807) is 4.68 Å². The highest BCUT2D eigenvalue weighted by Crippen LogP contribution is 2.27. The highest BCUT2D eigenvalue weighted by molar-refractivity contribution is 5.83. The summed E-state index contributed by atoms with van der Waals surface area (Å²) in [5.74, 6) is 0.619. The molecule has 0 fully saturated rings. The third-order valence-corrected chi connectivity index (χ3v) is 4.24. The molecule has 2 aromatic heterocycles. The summed E-state index contributed by atoms with van der Waals surface area (Å²) in [4.78, 5) is 15.3. The van der Waals surface area contributed by atoms with E-state index in [1.807, 2.05) is 7.05 Å². The molecule has 5 nitrogen and oxygen atoms in total. The average Bonchev–Trinajstić information content (AvgIpc) is 2.76. The molecule has 0 saturated carbocycles. The number of aryl methyl sites for hydroxylation is 2. The van der Waals surface area contributed by atoms with Crippen LogP contribution in [0.4, 0.5) is 0 Å². The number of pyridine rings is 1. The van der Waals surface area contributed by atoms with Crippen LogP contribution in [0, 0.1) is 5.92 Å². The lowest BCUT2D eigenvalue weighted by atomic mass is 9.90. The summed E-state index contributed by atoms with van der Waals surface area (Å²) >= 11 is 0. The Balaban J connectivity index is 2.07. The van der Waals surface area contributed by atoms with Gasteiger partial charge < -0.3 is 10.3 Å². The molecule has 1 aliphatic rings. The predicted octanol–water partition coefficient (Wildman–Crippen LogP) is 1.89. The van der Waals surface area contributed by atoms with E-state index in [2.05, 4.69) is 29.2 Å². The molecule has 2 N–H and O–H groups in total. The molecule has 2 heterocycles. The van der Waals surface area contributed by atoms with Gasteiger partial charge in [-0.2, -0.15) is 5.10 Å². The SMILES string of the molecule is CC(C)CNCc1nn(C)c2[nH]c(=O)c3c(c12)CCCC3. The Bertz CT molecular complexity index is 711. The molecule has 0 amide bonds. The van der Waals surface area contributed by atoms with E-state index in [9.17, 15) is 4.79 Å². The van der Waals surface area contributed by atoms with Crippen LogP contribution in [0.2, 0.25) is 0 Å². The molecule has 5 heteroatoms. The first kappa shape index (κ1) is 14.3. The maximum absolute atomic E-state index is 12.2. The zero-order chi connectivity index (χ0) is 15.0. The number of hydrogen-bond donors (Lipinski definition) is 2. The summed E-state index contributed by atoms with van der Waals surface area (Å²) in [7, 11) is 1.90. The van der Waals surface area contributed by atoms with Gasteiger partial charge in [-0.3, -0.25) is 9.48 Å². The zero-order valence-electron chi connectivity index (χ0n) is 13.1. The van der Waals surface area contributed by atoms with Gasteiger partial charge in [0.15, 0.2) is 0 Å². The normalized spacial score (nSPS) is 14.9. The highest BCUT2D eigenvalue weighted by Gasteiger charge is 2.21. The second-order valence-electron chi connectivity index (χ2n) is 6.44. The van der Waals surface area contributed by atoms with E-state index in [0.717, 1.165) is 49.3 Å². The Morgan fingerprint density at radius 2 is 2.00 bits per heavy atom. The van der Waals surface area contributed by atoms with Crippen molar-refractivity contribution in [3.8, 4) is 0 Å². The molecule has 0 radical (unpaired) electrons. The van der Waals surface area contributed by atoms with Gasteiger partial charge >= 0.3 is 0 Å². The van der Waals surface area contributed by atoms with Crippen LogP contribution in [-0.4, -0.2) is 21.3 Å². The van der Waals surface area contributed by atoms with Crippen LogP contribution in [0.3, 0.4) is 0 Å². The molecule has 114 valence electrons. The number of rotatable bonds is 4. The quantitative estimate of drug-likeness (QED) is 0.903. The minimum absolute atomic E-state index is 0.0712. The van der Waals surface area contributed by atoms with Gasteiger partial charge in [0, 0.05) is 24.5 Å².